The first-order chi connectivity index (χ1) is 16.6. The Morgan fingerprint density at radius 3 is 2.50 bits per heavy atom. The monoisotopic (exact) mass is 465 g/mol. The predicted octanol–water partition coefficient (Wildman–Crippen LogP) is 3.41. The Kier molecular flexibility index (Phi) is 7.07. The molecule has 0 aliphatic heterocycles. The van der Waals surface area contributed by atoms with E-state index in [9.17, 15) is 4.79 Å². The molecule has 0 saturated heterocycles. The number of aromatic nitrogens is 4. The summed E-state index contributed by atoms with van der Waals surface area (Å²) in [6, 6.07) is 10.9. The second kappa shape index (κ2) is 10.3. The van der Waals surface area contributed by atoms with Crippen LogP contribution >= 0.6 is 0 Å². The summed E-state index contributed by atoms with van der Waals surface area (Å²) < 4.78 is 21.8. The fourth-order valence-electron chi connectivity index (χ4n) is 3.63. The number of methoxy groups -OCH3 is 2. The smallest absolute Gasteiger partial charge is 0.258 e. The van der Waals surface area contributed by atoms with Crippen LogP contribution in [-0.4, -0.2) is 52.4 Å². The quantitative estimate of drug-likeness (QED) is 0.376. The zero-order valence-electron chi connectivity index (χ0n) is 19.6. The van der Waals surface area contributed by atoms with E-state index in [-0.39, 0.29) is 5.56 Å². The van der Waals surface area contributed by atoms with Crippen LogP contribution in [-0.2, 0) is 13.1 Å². The van der Waals surface area contributed by atoms with Crippen LogP contribution < -0.4 is 19.8 Å². The summed E-state index contributed by atoms with van der Waals surface area (Å²) >= 11 is 0. The van der Waals surface area contributed by atoms with Crippen molar-refractivity contribution in [2.75, 3.05) is 27.4 Å². The summed E-state index contributed by atoms with van der Waals surface area (Å²) in [4.78, 5) is 26.7. The van der Waals surface area contributed by atoms with Gasteiger partial charge in [0.05, 0.1) is 50.4 Å². The van der Waals surface area contributed by atoms with Gasteiger partial charge in [0.2, 0.25) is 11.7 Å². The number of H-pyrrole nitrogens is 1. The molecule has 2 aromatic heterocycles. The van der Waals surface area contributed by atoms with Gasteiger partial charge in [-0.25, -0.2) is 4.98 Å². The van der Waals surface area contributed by atoms with E-state index < -0.39 is 0 Å². The van der Waals surface area contributed by atoms with Gasteiger partial charge in [0, 0.05) is 6.07 Å². The third kappa shape index (κ3) is 4.86. The van der Waals surface area contributed by atoms with Crippen molar-refractivity contribution < 1.29 is 18.7 Å². The highest BCUT2D eigenvalue weighted by atomic mass is 16.5. The molecule has 0 bridgehead atoms. The van der Waals surface area contributed by atoms with Crippen molar-refractivity contribution in [3.8, 4) is 28.6 Å². The minimum Gasteiger partial charge on any atom is -0.493 e. The Labute approximate surface area is 196 Å². The van der Waals surface area contributed by atoms with E-state index in [0.717, 1.165) is 5.56 Å². The number of fused-ring (bicyclic) bond motifs is 1. The number of nitrogens with zero attached hydrogens (tertiary/aromatic N) is 4. The summed E-state index contributed by atoms with van der Waals surface area (Å²) in [6.45, 7) is 5.95. The van der Waals surface area contributed by atoms with E-state index in [1.165, 1.54) is 7.11 Å². The third-order valence-electron chi connectivity index (χ3n) is 5.34. The molecule has 0 saturated carbocycles. The number of rotatable bonds is 10. The first kappa shape index (κ1) is 23.2. The van der Waals surface area contributed by atoms with Crippen LogP contribution in [0.2, 0.25) is 0 Å². The van der Waals surface area contributed by atoms with Crippen molar-refractivity contribution in [3.05, 3.63) is 58.5 Å². The van der Waals surface area contributed by atoms with Crippen molar-refractivity contribution in [3.63, 3.8) is 0 Å². The average molecular weight is 466 g/mol. The van der Waals surface area contributed by atoms with Gasteiger partial charge >= 0.3 is 0 Å². The molecule has 10 nitrogen and oxygen atoms in total. The fraction of sp³-hybridized carbons (Fsp3) is 0.333. The minimum absolute atomic E-state index is 0.246. The molecule has 10 heteroatoms. The number of hydrogen-bond donors (Lipinski definition) is 1. The van der Waals surface area contributed by atoms with Crippen LogP contribution in [0.15, 0.2) is 45.7 Å². The summed E-state index contributed by atoms with van der Waals surface area (Å²) in [6.07, 6.45) is 0. The van der Waals surface area contributed by atoms with Crippen LogP contribution in [0.25, 0.3) is 22.3 Å². The molecule has 0 aliphatic rings. The number of para-hydroxylation sites is 1. The minimum atomic E-state index is -0.246. The van der Waals surface area contributed by atoms with Crippen molar-refractivity contribution in [1.29, 1.82) is 0 Å². The lowest BCUT2D eigenvalue weighted by Gasteiger charge is -2.17. The van der Waals surface area contributed by atoms with Gasteiger partial charge in [-0.1, -0.05) is 24.2 Å². The standard InChI is InChI=1S/C24H27N5O5/c1-5-29(14-22-27-23(28-34-22)15-9-7-8-10-18(15)33-6-2)13-21-25-17-12-20(32-4)19(31-3)11-16(17)24(30)26-21/h7-12H,5-6,13-14H2,1-4H3,(H,25,26,30). The second-order valence-corrected chi connectivity index (χ2v) is 7.48. The molecule has 1 N–H and O–H groups in total. The van der Waals surface area contributed by atoms with Crippen LogP contribution in [0.4, 0.5) is 0 Å². The molecule has 0 aliphatic carbocycles. The van der Waals surface area contributed by atoms with Crippen LogP contribution in [0.1, 0.15) is 25.6 Å². The maximum Gasteiger partial charge on any atom is 0.258 e. The van der Waals surface area contributed by atoms with Gasteiger partial charge in [-0.2, -0.15) is 4.98 Å². The maximum absolute atomic E-state index is 12.7. The van der Waals surface area contributed by atoms with Gasteiger partial charge in [0.1, 0.15) is 11.6 Å². The lowest BCUT2D eigenvalue weighted by molar-refractivity contribution is 0.224. The van der Waals surface area contributed by atoms with Gasteiger partial charge in [0.15, 0.2) is 11.5 Å². The lowest BCUT2D eigenvalue weighted by atomic mass is 10.2. The second-order valence-electron chi connectivity index (χ2n) is 7.48. The molecule has 0 fully saturated rings. The zero-order valence-corrected chi connectivity index (χ0v) is 19.6. The molecule has 0 amide bonds. The highest BCUT2D eigenvalue weighted by Crippen LogP contribution is 2.30. The normalized spacial score (nSPS) is 11.2. The molecule has 0 atom stereocenters. The van der Waals surface area contributed by atoms with Crippen molar-refractivity contribution >= 4 is 10.9 Å². The van der Waals surface area contributed by atoms with E-state index in [2.05, 4.69) is 20.1 Å². The summed E-state index contributed by atoms with van der Waals surface area (Å²) in [5, 5.41) is 4.55. The molecule has 34 heavy (non-hydrogen) atoms. The number of benzene rings is 2. The molecule has 178 valence electrons. The number of hydrogen-bond acceptors (Lipinski definition) is 9. The van der Waals surface area contributed by atoms with Crippen molar-refractivity contribution in [2.45, 2.75) is 26.9 Å². The topological polar surface area (TPSA) is 116 Å². The Morgan fingerprint density at radius 1 is 1.00 bits per heavy atom. The molecule has 0 spiro atoms. The fourth-order valence-corrected chi connectivity index (χ4v) is 3.63. The molecule has 0 radical (unpaired) electrons. The van der Waals surface area contributed by atoms with E-state index in [0.29, 0.717) is 71.9 Å². The van der Waals surface area contributed by atoms with Crippen molar-refractivity contribution in [1.82, 2.24) is 25.0 Å². The van der Waals surface area contributed by atoms with Gasteiger partial charge in [-0.15, -0.1) is 0 Å². The molecule has 4 rings (SSSR count). The molecular formula is C24H27N5O5. The van der Waals surface area contributed by atoms with Gasteiger partial charge < -0.3 is 23.7 Å². The first-order valence-electron chi connectivity index (χ1n) is 11.0. The predicted molar refractivity (Wildman–Crippen MR) is 126 cm³/mol. The van der Waals surface area contributed by atoms with Crippen LogP contribution in [0, 0.1) is 0 Å². The van der Waals surface area contributed by atoms with Gasteiger partial charge in [0.25, 0.3) is 5.56 Å². The summed E-state index contributed by atoms with van der Waals surface area (Å²) in [5.74, 6) is 3.13. The highest BCUT2D eigenvalue weighted by molar-refractivity contribution is 5.81. The molecule has 2 heterocycles. The summed E-state index contributed by atoms with van der Waals surface area (Å²) in [5.41, 5.74) is 1.05. The molecule has 4 aromatic rings. The number of aromatic amines is 1. The Hall–Kier alpha value is -3.92. The Bertz CT molecular complexity index is 1330. The first-order valence-corrected chi connectivity index (χ1v) is 11.0. The summed E-state index contributed by atoms with van der Waals surface area (Å²) in [7, 11) is 3.07. The third-order valence-corrected chi connectivity index (χ3v) is 5.34. The Balaban J connectivity index is 1.55. The van der Waals surface area contributed by atoms with Crippen molar-refractivity contribution in [2.24, 2.45) is 0 Å². The number of ether oxygens (including phenoxy) is 3. The maximum atomic E-state index is 12.7. The molecule has 0 unspecified atom stereocenters. The van der Waals surface area contributed by atoms with E-state index in [1.807, 2.05) is 43.0 Å². The van der Waals surface area contributed by atoms with E-state index in [4.69, 9.17) is 18.7 Å². The van der Waals surface area contributed by atoms with Crippen LogP contribution in [0.3, 0.4) is 0 Å². The molecular weight excluding hydrogens is 438 g/mol. The largest absolute Gasteiger partial charge is 0.493 e. The average Bonchev–Trinajstić information content (AvgIpc) is 3.31. The number of nitrogens with one attached hydrogen (secondary N) is 1. The molecule has 2 aromatic carbocycles. The van der Waals surface area contributed by atoms with E-state index >= 15 is 0 Å². The van der Waals surface area contributed by atoms with E-state index in [1.54, 1.807) is 19.2 Å². The Morgan fingerprint density at radius 2 is 1.76 bits per heavy atom. The van der Waals surface area contributed by atoms with Gasteiger partial charge in [-0.3, -0.25) is 9.69 Å². The van der Waals surface area contributed by atoms with Crippen LogP contribution in [0.5, 0.6) is 17.2 Å². The zero-order chi connectivity index (χ0) is 24.1. The lowest BCUT2D eigenvalue weighted by Crippen LogP contribution is -2.25. The SMILES string of the molecule is CCOc1ccccc1-c1noc(CN(CC)Cc2nc3cc(OC)c(OC)cc3c(=O)[nH]2)n1. The van der Waals surface area contributed by atoms with Gasteiger partial charge in [-0.05, 0) is 31.7 Å². The highest BCUT2D eigenvalue weighted by Gasteiger charge is 2.17.